The third-order valence-corrected chi connectivity index (χ3v) is 3.40. The summed E-state index contributed by atoms with van der Waals surface area (Å²) in [4.78, 5) is 4.59. The minimum Gasteiger partial charge on any atom is -0.508 e. The van der Waals surface area contributed by atoms with Gasteiger partial charge in [0.05, 0.1) is 6.54 Å². The standard InChI is InChI=1S/C15H23N3O/c1-2-16-15(18-13-5-3-4-6-13)17-11-12-7-9-14(19)10-8-12/h7-10,13,19H,2-6,11H2,1H3,(H2,16,17,18). The number of rotatable bonds is 4. The molecule has 2 rings (SSSR count). The Kier molecular flexibility index (Phi) is 5.07. The number of hydrogen-bond donors (Lipinski definition) is 3. The molecule has 0 unspecified atom stereocenters. The van der Waals surface area contributed by atoms with Gasteiger partial charge in [-0.1, -0.05) is 25.0 Å². The summed E-state index contributed by atoms with van der Waals surface area (Å²) in [5, 5.41) is 16.0. The summed E-state index contributed by atoms with van der Waals surface area (Å²) < 4.78 is 0. The maximum atomic E-state index is 9.25. The van der Waals surface area contributed by atoms with Gasteiger partial charge in [0.15, 0.2) is 5.96 Å². The molecule has 1 aromatic carbocycles. The highest BCUT2D eigenvalue weighted by Crippen LogP contribution is 2.17. The number of phenols is 1. The summed E-state index contributed by atoms with van der Waals surface area (Å²) in [5.74, 6) is 1.19. The second kappa shape index (κ2) is 7.02. The molecule has 1 aliphatic rings. The molecule has 4 heteroatoms. The van der Waals surface area contributed by atoms with E-state index in [1.165, 1.54) is 25.7 Å². The van der Waals surface area contributed by atoms with Crippen molar-refractivity contribution in [2.75, 3.05) is 6.54 Å². The lowest BCUT2D eigenvalue weighted by Gasteiger charge is -2.16. The quantitative estimate of drug-likeness (QED) is 0.576. The van der Waals surface area contributed by atoms with Crippen LogP contribution in [0.25, 0.3) is 0 Å². The Hall–Kier alpha value is -1.71. The predicted molar refractivity (Wildman–Crippen MR) is 78.3 cm³/mol. The molecule has 0 bridgehead atoms. The van der Waals surface area contributed by atoms with Gasteiger partial charge >= 0.3 is 0 Å². The monoisotopic (exact) mass is 261 g/mol. The number of nitrogens with zero attached hydrogens (tertiary/aromatic N) is 1. The molecule has 1 saturated carbocycles. The van der Waals surface area contributed by atoms with E-state index in [9.17, 15) is 5.11 Å². The average molecular weight is 261 g/mol. The van der Waals surface area contributed by atoms with Gasteiger partial charge < -0.3 is 15.7 Å². The maximum Gasteiger partial charge on any atom is 0.191 e. The van der Waals surface area contributed by atoms with Crippen LogP contribution in [0.15, 0.2) is 29.3 Å². The van der Waals surface area contributed by atoms with Gasteiger partial charge in [-0.2, -0.15) is 0 Å². The molecule has 0 radical (unpaired) electrons. The van der Waals surface area contributed by atoms with Crippen molar-refractivity contribution in [3.8, 4) is 5.75 Å². The number of aromatic hydroxyl groups is 1. The second-order valence-electron chi connectivity index (χ2n) is 4.99. The van der Waals surface area contributed by atoms with Crippen molar-refractivity contribution >= 4 is 5.96 Å². The van der Waals surface area contributed by atoms with Gasteiger partial charge in [0.2, 0.25) is 0 Å². The van der Waals surface area contributed by atoms with Gasteiger partial charge in [-0.15, -0.1) is 0 Å². The van der Waals surface area contributed by atoms with Crippen LogP contribution in [0, 0.1) is 0 Å². The molecule has 104 valence electrons. The van der Waals surface area contributed by atoms with Crippen LogP contribution >= 0.6 is 0 Å². The largest absolute Gasteiger partial charge is 0.508 e. The van der Waals surface area contributed by atoms with E-state index in [0.29, 0.717) is 18.3 Å². The zero-order chi connectivity index (χ0) is 13.5. The van der Waals surface area contributed by atoms with Crippen molar-refractivity contribution in [1.29, 1.82) is 0 Å². The summed E-state index contributed by atoms with van der Waals surface area (Å²) in [7, 11) is 0. The number of guanidine groups is 1. The zero-order valence-corrected chi connectivity index (χ0v) is 11.5. The van der Waals surface area contributed by atoms with Crippen molar-refractivity contribution in [1.82, 2.24) is 10.6 Å². The molecular weight excluding hydrogens is 238 g/mol. The van der Waals surface area contributed by atoms with Gasteiger partial charge in [-0.3, -0.25) is 0 Å². The van der Waals surface area contributed by atoms with Crippen LogP contribution in [0.3, 0.4) is 0 Å². The summed E-state index contributed by atoms with van der Waals surface area (Å²) in [6.07, 6.45) is 5.11. The smallest absolute Gasteiger partial charge is 0.191 e. The van der Waals surface area contributed by atoms with E-state index in [1.54, 1.807) is 12.1 Å². The molecular formula is C15H23N3O. The molecule has 0 aliphatic heterocycles. The van der Waals surface area contributed by atoms with Gasteiger partial charge in [-0.05, 0) is 37.5 Å². The van der Waals surface area contributed by atoms with Crippen LogP contribution in [0.2, 0.25) is 0 Å². The minimum absolute atomic E-state index is 0.295. The predicted octanol–water partition coefficient (Wildman–Crippen LogP) is 2.39. The molecule has 19 heavy (non-hydrogen) atoms. The molecule has 4 nitrogen and oxygen atoms in total. The Morgan fingerprint density at radius 1 is 1.26 bits per heavy atom. The Labute approximate surface area is 114 Å². The molecule has 0 aromatic heterocycles. The van der Waals surface area contributed by atoms with E-state index in [0.717, 1.165) is 18.1 Å². The molecule has 0 atom stereocenters. The lowest BCUT2D eigenvalue weighted by Crippen LogP contribution is -2.42. The van der Waals surface area contributed by atoms with Crippen LogP contribution in [0.5, 0.6) is 5.75 Å². The van der Waals surface area contributed by atoms with Crippen molar-refractivity contribution in [3.05, 3.63) is 29.8 Å². The number of aliphatic imine (C=N–C) groups is 1. The first kappa shape index (κ1) is 13.7. The zero-order valence-electron chi connectivity index (χ0n) is 11.5. The maximum absolute atomic E-state index is 9.25. The number of phenolic OH excluding ortho intramolecular Hbond substituents is 1. The highest BCUT2D eigenvalue weighted by Gasteiger charge is 2.15. The highest BCUT2D eigenvalue weighted by atomic mass is 16.3. The number of hydrogen-bond acceptors (Lipinski definition) is 2. The molecule has 0 amide bonds. The molecule has 0 spiro atoms. The van der Waals surface area contributed by atoms with E-state index in [2.05, 4.69) is 22.5 Å². The lowest BCUT2D eigenvalue weighted by molar-refractivity contribution is 0.475. The van der Waals surface area contributed by atoms with Crippen molar-refractivity contribution in [2.45, 2.75) is 45.2 Å². The van der Waals surface area contributed by atoms with E-state index < -0.39 is 0 Å². The molecule has 3 N–H and O–H groups in total. The Morgan fingerprint density at radius 3 is 2.58 bits per heavy atom. The van der Waals surface area contributed by atoms with Gasteiger partial charge in [0, 0.05) is 12.6 Å². The van der Waals surface area contributed by atoms with E-state index >= 15 is 0 Å². The normalized spacial score (nSPS) is 16.6. The minimum atomic E-state index is 0.295. The lowest BCUT2D eigenvalue weighted by atomic mass is 10.2. The Balaban J connectivity index is 1.92. The SMILES string of the molecule is CCNC(=NCc1ccc(O)cc1)NC1CCCC1. The molecule has 1 aliphatic carbocycles. The Morgan fingerprint density at radius 2 is 1.95 bits per heavy atom. The third-order valence-electron chi connectivity index (χ3n) is 3.40. The van der Waals surface area contributed by atoms with Crippen LogP contribution in [0.1, 0.15) is 38.2 Å². The Bertz CT molecular complexity index is 408. The molecule has 1 fully saturated rings. The van der Waals surface area contributed by atoms with Crippen molar-refractivity contribution < 1.29 is 5.11 Å². The molecule has 0 saturated heterocycles. The highest BCUT2D eigenvalue weighted by molar-refractivity contribution is 5.80. The van der Waals surface area contributed by atoms with Crippen LogP contribution in [0.4, 0.5) is 0 Å². The fourth-order valence-corrected chi connectivity index (χ4v) is 2.36. The first-order valence-electron chi connectivity index (χ1n) is 7.10. The fraction of sp³-hybridized carbons (Fsp3) is 0.533. The molecule has 0 heterocycles. The number of nitrogens with one attached hydrogen (secondary N) is 2. The topological polar surface area (TPSA) is 56.7 Å². The van der Waals surface area contributed by atoms with E-state index in [4.69, 9.17) is 0 Å². The third kappa shape index (κ3) is 4.47. The summed E-state index contributed by atoms with van der Waals surface area (Å²) in [6.45, 7) is 3.57. The van der Waals surface area contributed by atoms with Gasteiger partial charge in [0.1, 0.15) is 5.75 Å². The number of benzene rings is 1. The van der Waals surface area contributed by atoms with Crippen LogP contribution < -0.4 is 10.6 Å². The first-order valence-corrected chi connectivity index (χ1v) is 7.10. The summed E-state index contributed by atoms with van der Waals surface area (Å²) in [6, 6.07) is 7.76. The summed E-state index contributed by atoms with van der Waals surface area (Å²) in [5.41, 5.74) is 1.10. The van der Waals surface area contributed by atoms with Crippen LogP contribution in [-0.4, -0.2) is 23.7 Å². The van der Waals surface area contributed by atoms with Crippen LogP contribution in [-0.2, 0) is 6.54 Å². The van der Waals surface area contributed by atoms with Gasteiger partial charge in [0.25, 0.3) is 0 Å². The van der Waals surface area contributed by atoms with E-state index in [-0.39, 0.29) is 0 Å². The fourth-order valence-electron chi connectivity index (χ4n) is 2.36. The first-order chi connectivity index (χ1) is 9.28. The summed E-state index contributed by atoms with van der Waals surface area (Å²) >= 11 is 0. The average Bonchev–Trinajstić information content (AvgIpc) is 2.91. The molecule has 1 aromatic rings. The van der Waals surface area contributed by atoms with E-state index in [1.807, 2.05) is 12.1 Å². The van der Waals surface area contributed by atoms with Gasteiger partial charge in [-0.25, -0.2) is 4.99 Å². The van der Waals surface area contributed by atoms with Crippen molar-refractivity contribution in [2.24, 2.45) is 4.99 Å². The van der Waals surface area contributed by atoms with Crippen molar-refractivity contribution in [3.63, 3.8) is 0 Å². The second-order valence-corrected chi connectivity index (χ2v) is 4.99.